The zero-order valence-corrected chi connectivity index (χ0v) is 13.1. The molecule has 128 valence electrons. The fourth-order valence-corrected chi connectivity index (χ4v) is 2.18. The molecule has 2 aromatic rings. The predicted molar refractivity (Wildman–Crippen MR) is 87.3 cm³/mol. The highest BCUT2D eigenvalue weighted by Gasteiger charge is 2.22. The molecule has 0 bridgehead atoms. The largest absolute Gasteiger partial charge is 0.497 e. The first-order valence-electron chi connectivity index (χ1n) is 7.14. The maximum Gasteiger partial charge on any atom is 0.282 e. The number of carbonyl (C=O) groups excluding carboxylic acids is 1. The summed E-state index contributed by atoms with van der Waals surface area (Å²) >= 11 is 0. The molecule has 0 aromatic heterocycles. The van der Waals surface area contributed by atoms with E-state index in [1.54, 1.807) is 24.3 Å². The van der Waals surface area contributed by atoms with Gasteiger partial charge in [-0.05, 0) is 30.3 Å². The van der Waals surface area contributed by atoms with Crippen molar-refractivity contribution in [3.05, 3.63) is 57.6 Å². The second-order valence-corrected chi connectivity index (χ2v) is 4.95. The Bertz CT molecular complexity index is 848. The SMILES string of the molecule is COc1ccc(C(=O)N/N=C\c2cc3c(cc2[N+](=O)[O-])OCO3)cc1. The van der Waals surface area contributed by atoms with Gasteiger partial charge in [-0.25, -0.2) is 5.43 Å². The summed E-state index contributed by atoms with van der Waals surface area (Å²) in [6.07, 6.45) is 1.18. The van der Waals surface area contributed by atoms with Crippen LogP contribution in [0.5, 0.6) is 17.2 Å². The van der Waals surface area contributed by atoms with Crippen LogP contribution in [0.2, 0.25) is 0 Å². The summed E-state index contributed by atoms with van der Waals surface area (Å²) in [5.41, 5.74) is 2.67. The standard InChI is InChI=1S/C16H13N3O6/c1-23-12-4-2-10(3-5-12)16(20)18-17-8-11-6-14-15(25-9-24-14)7-13(11)19(21)22/h2-8H,9H2,1H3,(H,18,20)/b17-8-. The molecule has 9 heteroatoms. The van der Waals surface area contributed by atoms with Crippen molar-refractivity contribution in [3.8, 4) is 17.2 Å². The summed E-state index contributed by atoms with van der Waals surface area (Å²) < 4.78 is 15.3. The molecule has 3 rings (SSSR count). The first kappa shape index (κ1) is 16.2. The van der Waals surface area contributed by atoms with Crippen LogP contribution in [-0.4, -0.2) is 30.9 Å². The Balaban J connectivity index is 1.75. The Labute approximate surface area is 142 Å². The number of methoxy groups -OCH3 is 1. The number of hydrogen-bond acceptors (Lipinski definition) is 7. The minimum atomic E-state index is -0.561. The molecule has 1 N–H and O–H groups in total. The van der Waals surface area contributed by atoms with E-state index < -0.39 is 10.8 Å². The van der Waals surface area contributed by atoms with Gasteiger partial charge in [0, 0.05) is 5.56 Å². The van der Waals surface area contributed by atoms with Crippen LogP contribution >= 0.6 is 0 Å². The molecule has 25 heavy (non-hydrogen) atoms. The van der Waals surface area contributed by atoms with E-state index in [2.05, 4.69) is 10.5 Å². The Kier molecular flexibility index (Phi) is 4.46. The zero-order chi connectivity index (χ0) is 17.8. The summed E-state index contributed by atoms with van der Waals surface area (Å²) in [5.74, 6) is 0.845. The van der Waals surface area contributed by atoms with Gasteiger partial charge in [-0.3, -0.25) is 14.9 Å². The Morgan fingerprint density at radius 1 is 1.28 bits per heavy atom. The first-order chi connectivity index (χ1) is 12.1. The van der Waals surface area contributed by atoms with Gasteiger partial charge in [-0.2, -0.15) is 5.10 Å². The minimum Gasteiger partial charge on any atom is -0.497 e. The molecule has 0 saturated carbocycles. The van der Waals surface area contributed by atoms with E-state index in [1.165, 1.54) is 25.5 Å². The number of amides is 1. The van der Waals surface area contributed by atoms with Crippen molar-refractivity contribution in [2.24, 2.45) is 5.10 Å². The molecule has 0 unspecified atom stereocenters. The quantitative estimate of drug-likeness (QED) is 0.505. The molecule has 9 nitrogen and oxygen atoms in total. The summed E-state index contributed by atoms with van der Waals surface area (Å²) in [6, 6.07) is 9.13. The second kappa shape index (κ2) is 6.87. The predicted octanol–water partition coefficient (Wildman–Crippen LogP) is 2.10. The number of benzene rings is 2. The van der Waals surface area contributed by atoms with E-state index in [-0.39, 0.29) is 18.0 Å². The third-order valence-corrected chi connectivity index (χ3v) is 3.44. The molecule has 1 aliphatic rings. The lowest BCUT2D eigenvalue weighted by Gasteiger charge is -2.03. The van der Waals surface area contributed by atoms with Crippen molar-refractivity contribution < 1.29 is 23.9 Å². The molecule has 0 spiro atoms. The number of hydrogen-bond donors (Lipinski definition) is 1. The number of rotatable bonds is 5. The van der Waals surface area contributed by atoms with Crippen LogP contribution in [0, 0.1) is 10.1 Å². The highest BCUT2D eigenvalue weighted by atomic mass is 16.7. The Hall–Kier alpha value is -3.62. The number of nitrogens with one attached hydrogen (secondary N) is 1. The van der Waals surface area contributed by atoms with Crippen LogP contribution in [0.25, 0.3) is 0 Å². The molecule has 1 amide bonds. The number of nitrogens with zero attached hydrogens (tertiary/aromatic N) is 2. The summed E-state index contributed by atoms with van der Waals surface area (Å²) in [4.78, 5) is 22.6. The average Bonchev–Trinajstić information content (AvgIpc) is 3.08. The number of fused-ring (bicyclic) bond motifs is 1. The monoisotopic (exact) mass is 343 g/mol. The molecule has 0 fully saturated rings. The maximum atomic E-state index is 12.0. The van der Waals surface area contributed by atoms with Crippen molar-refractivity contribution in [1.29, 1.82) is 0 Å². The van der Waals surface area contributed by atoms with Crippen LogP contribution in [-0.2, 0) is 0 Å². The zero-order valence-electron chi connectivity index (χ0n) is 13.1. The van der Waals surface area contributed by atoms with Crippen molar-refractivity contribution in [2.75, 3.05) is 13.9 Å². The molecule has 0 aliphatic carbocycles. The van der Waals surface area contributed by atoms with E-state index in [1.807, 2.05) is 0 Å². The third-order valence-electron chi connectivity index (χ3n) is 3.44. The fraction of sp³-hybridized carbons (Fsp3) is 0.125. The summed E-state index contributed by atoms with van der Waals surface area (Å²) in [7, 11) is 1.53. The highest BCUT2D eigenvalue weighted by molar-refractivity contribution is 5.95. The number of nitro benzene ring substituents is 1. The topological polar surface area (TPSA) is 112 Å². The molecule has 0 atom stereocenters. The van der Waals surface area contributed by atoms with E-state index in [0.717, 1.165) is 0 Å². The van der Waals surface area contributed by atoms with Gasteiger partial charge in [-0.15, -0.1) is 0 Å². The Morgan fingerprint density at radius 2 is 1.96 bits per heavy atom. The van der Waals surface area contributed by atoms with Crippen molar-refractivity contribution in [1.82, 2.24) is 5.43 Å². The van der Waals surface area contributed by atoms with Crippen LogP contribution in [0.4, 0.5) is 5.69 Å². The summed E-state index contributed by atoms with van der Waals surface area (Å²) in [6.45, 7) is 0.00128. The molecular weight excluding hydrogens is 330 g/mol. The molecule has 1 heterocycles. The van der Waals surface area contributed by atoms with E-state index in [9.17, 15) is 14.9 Å². The van der Waals surface area contributed by atoms with E-state index >= 15 is 0 Å². The van der Waals surface area contributed by atoms with E-state index in [4.69, 9.17) is 14.2 Å². The van der Waals surface area contributed by atoms with Gasteiger partial charge in [0.1, 0.15) is 5.75 Å². The lowest BCUT2D eigenvalue weighted by atomic mass is 10.1. The van der Waals surface area contributed by atoms with Gasteiger partial charge in [-0.1, -0.05) is 0 Å². The summed E-state index contributed by atoms with van der Waals surface area (Å²) in [5, 5.41) is 14.9. The molecule has 0 saturated heterocycles. The van der Waals surface area contributed by atoms with Crippen molar-refractivity contribution >= 4 is 17.8 Å². The van der Waals surface area contributed by atoms with Gasteiger partial charge in [0.25, 0.3) is 11.6 Å². The lowest BCUT2D eigenvalue weighted by Crippen LogP contribution is -2.17. The molecule has 0 radical (unpaired) electrons. The molecule has 1 aliphatic heterocycles. The van der Waals surface area contributed by atoms with Gasteiger partial charge >= 0.3 is 0 Å². The van der Waals surface area contributed by atoms with Gasteiger partial charge in [0.15, 0.2) is 11.5 Å². The van der Waals surface area contributed by atoms with Crippen molar-refractivity contribution in [3.63, 3.8) is 0 Å². The number of carbonyl (C=O) groups is 1. The average molecular weight is 343 g/mol. The van der Waals surface area contributed by atoms with E-state index in [0.29, 0.717) is 22.8 Å². The maximum absolute atomic E-state index is 12.0. The van der Waals surface area contributed by atoms with Crippen LogP contribution in [0.15, 0.2) is 41.5 Å². The minimum absolute atomic E-state index is 0.00128. The normalized spacial score (nSPS) is 12.2. The van der Waals surface area contributed by atoms with Gasteiger partial charge < -0.3 is 14.2 Å². The number of nitro groups is 1. The molecule has 2 aromatic carbocycles. The highest BCUT2D eigenvalue weighted by Crippen LogP contribution is 2.37. The number of ether oxygens (including phenoxy) is 3. The molecular formula is C16H13N3O6. The third kappa shape index (κ3) is 3.50. The van der Waals surface area contributed by atoms with Gasteiger partial charge in [0.05, 0.1) is 29.9 Å². The van der Waals surface area contributed by atoms with Crippen LogP contribution in [0.1, 0.15) is 15.9 Å². The Morgan fingerprint density at radius 3 is 2.60 bits per heavy atom. The van der Waals surface area contributed by atoms with Crippen molar-refractivity contribution in [2.45, 2.75) is 0 Å². The smallest absolute Gasteiger partial charge is 0.282 e. The fourth-order valence-electron chi connectivity index (χ4n) is 2.18. The van der Waals surface area contributed by atoms with Gasteiger partial charge in [0.2, 0.25) is 6.79 Å². The lowest BCUT2D eigenvalue weighted by molar-refractivity contribution is -0.385. The van der Waals surface area contributed by atoms with Crippen LogP contribution < -0.4 is 19.6 Å². The van der Waals surface area contributed by atoms with Crippen LogP contribution in [0.3, 0.4) is 0 Å². The first-order valence-corrected chi connectivity index (χ1v) is 7.14. The number of hydrazone groups is 1. The second-order valence-electron chi connectivity index (χ2n) is 4.95.